The van der Waals surface area contributed by atoms with E-state index in [-0.39, 0.29) is 12.5 Å². The molecular formula is C7H15NO5S2. The van der Waals surface area contributed by atoms with Crippen LogP contribution >= 0.6 is 0 Å². The zero-order valence-corrected chi connectivity index (χ0v) is 10.3. The second-order valence-corrected chi connectivity index (χ2v) is 7.39. The van der Waals surface area contributed by atoms with E-state index in [9.17, 15) is 16.8 Å². The highest BCUT2D eigenvalue weighted by Gasteiger charge is 2.29. The second-order valence-electron chi connectivity index (χ2n) is 3.76. The highest BCUT2D eigenvalue weighted by atomic mass is 32.2. The van der Waals surface area contributed by atoms with Crippen LogP contribution in [0.15, 0.2) is 0 Å². The van der Waals surface area contributed by atoms with Crippen molar-refractivity contribution in [1.82, 2.24) is 4.31 Å². The van der Waals surface area contributed by atoms with Crippen LogP contribution in [0.5, 0.6) is 0 Å². The van der Waals surface area contributed by atoms with Gasteiger partial charge in [0.1, 0.15) is 0 Å². The molecule has 6 nitrogen and oxygen atoms in total. The largest absolute Gasteiger partial charge is 0.270 e. The van der Waals surface area contributed by atoms with Gasteiger partial charge in [-0.2, -0.15) is 8.42 Å². The molecule has 0 aliphatic carbocycles. The predicted octanol–water partition coefficient (Wildman–Crippen LogP) is -0.756. The van der Waals surface area contributed by atoms with Gasteiger partial charge in [0.2, 0.25) is 10.0 Å². The van der Waals surface area contributed by atoms with Gasteiger partial charge in [0.25, 0.3) is 10.1 Å². The van der Waals surface area contributed by atoms with Crippen LogP contribution in [0.25, 0.3) is 0 Å². The first-order chi connectivity index (χ1) is 6.68. The van der Waals surface area contributed by atoms with E-state index in [1.54, 1.807) is 0 Å². The summed E-state index contributed by atoms with van der Waals surface area (Å²) < 4.78 is 49.7. The van der Waals surface area contributed by atoms with Gasteiger partial charge in [0.15, 0.2) is 0 Å². The van der Waals surface area contributed by atoms with Crippen molar-refractivity contribution >= 4 is 20.1 Å². The van der Waals surface area contributed by atoms with Crippen LogP contribution < -0.4 is 0 Å². The molecule has 0 bridgehead atoms. The molecule has 0 amide bonds. The molecule has 1 fully saturated rings. The van der Waals surface area contributed by atoms with Crippen LogP contribution in [0.1, 0.15) is 6.42 Å². The van der Waals surface area contributed by atoms with E-state index in [0.29, 0.717) is 19.5 Å². The summed E-state index contributed by atoms with van der Waals surface area (Å²) in [6, 6.07) is 0. The summed E-state index contributed by atoms with van der Waals surface area (Å²) in [7, 11) is -6.59. The summed E-state index contributed by atoms with van der Waals surface area (Å²) in [4.78, 5) is 0. The fourth-order valence-corrected chi connectivity index (χ4v) is 2.81. The maximum Gasteiger partial charge on any atom is 0.264 e. The third-order valence-electron chi connectivity index (χ3n) is 2.24. The molecule has 0 aromatic carbocycles. The lowest BCUT2D eigenvalue weighted by Crippen LogP contribution is -2.28. The fourth-order valence-electron chi connectivity index (χ4n) is 1.45. The lowest BCUT2D eigenvalue weighted by molar-refractivity contribution is 0.262. The molecule has 1 aliphatic rings. The Morgan fingerprint density at radius 3 is 2.27 bits per heavy atom. The van der Waals surface area contributed by atoms with Crippen molar-refractivity contribution in [2.45, 2.75) is 6.42 Å². The van der Waals surface area contributed by atoms with Gasteiger partial charge in [-0.05, 0) is 12.3 Å². The lowest BCUT2D eigenvalue weighted by Gasteiger charge is -2.12. The average Bonchev–Trinajstić information content (AvgIpc) is 2.45. The Labute approximate surface area is 90.4 Å². The van der Waals surface area contributed by atoms with E-state index in [0.717, 1.165) is 12.5 Å². The fraction of sp³-hybridized carbons (Fsp3) is 1.00. The van der Waals surface area contributed by atoms with E-state index in [1.165, 1.54) is 4.31 Å². The van der Waals surface area contributed by atoms with Crippen molar-refractivity contribution in [1.29, 1.82) is 0 Å². The summed E-state index contributed by atoms with van der Waals surface area (Å²) in [5.74, 6) is -0.0329. The smallest absolute Gasteiger partial charge is 0.264 e. The topological polar surface area (TPSA) is 80.8 Å². The normalized spacial score (nSPS) is 24.5. The van der Waals surface area contributed by atoms with Crippen LogP contribution in [-0.4, -0.2) is 53.3 Å². The Balaban J connectivity index is 2.45. The minimum Gasteiger partial charge on any atom is -0.270 e. The molecule has 0 radical (unpaired) electrons. The van der Waals surface area contributed by atoms with Gasteiger partial charge in [0, 0.05) is 13.1 Å². The Morgan fingerprint density at radius 2 is 1.87 bits per heavy atom. The highest BCUT2D eigenvalue weighted by molar-refractivity contribution is 7.88. The molecule has 90 valence electrons. The van der Waals surface area contributed by atoms with Crippen molar-refractivity contribution < 1.29 is 21.0 Å². The molecule has 1 heterocycles. The molecule has 1 aliphatic heterocycles. The van der Waals surface area contributed by atoms with E-state index in [2.05, 4.69) is 4.18 Å². The Hall–Kier alpha value is -0.180. The minimum atomic E-state index is -3.43. The first kappa shape index (κ1) is 12.9. The third-order valence-corrected chi connectivity index (χ3v) is 4.07. The number of hydrogen-bond acceptors (Lipinski definition) is 5. The van der Waals surface area contributed by atoms with Gasteiger partial charge in [-0.25, -0.2) is 12.7 Å². The first-order valence-electron chi connectivity index (χ1n) is 4.48. The molecule has 0 spiro atoms. The van der Waals surface area contributed by atoms with Crippen LogP contribution in [-0.2, 0) is 24.3 Å². The lowest BCUT2D eigenvalue weighted by atomic mass is 10.1. The van der Waals surface area contributed by atoms with Crippen molar-refractivity contribution in [3.05, 3.63) is 0 Å². The summed E-state index contributed by atoms with van der Waals surface area (Å²) >= 11 is 0. The standard InChI is InChI=1S/C7H15NO5S2/c1-14(9,10)8-4-3-7(5-8)6-13-15(2,11)12/h7H,3-6H2,1-2H3. The van der Waals surface area contributed by atoms with Gasteiger partial charge in [-0.1, -0.05) is 0 Å². The quantitative estimate of drug-likeness (QED) is 0.619. The van der Waals surface area contributed by atoms with Crippen molar-refractivity contribution in [3.8, 4) is 0 Å². The number of sulfonamides is 1. The zero-order valence-electron chi connectivity index (χ0n) is 8.71. The summed E-state index contributed by atoms with van der Waals surface area (Å²) in [5, 5.41) is 0. The van der Waals surface area contributed by atoms with Crippen molar-refractivity contribution in [3.63, 3.8) is 0 Å². The van der Waals surface area contributed by atoms with Gasteiger partial charge < -0.3 is 0 Å². The van der Waals surface area contributed by atoms with Crippen LogP contribution in [0, 0.1) is 5.92 Å². The molecular weight excluding hydrogens is 242 g/mol. The molecule has 1 saturated heterocycles. The molecule has 0 aromatic rings. The second kappa shape index (κ2) is 4.36. The van der Waals surface area contributed by atoms with Gasteiger partial charge in [0.05, 0.1) is 19.1 Å². The number of rotatable bonds is 4. The van der Waals surface area contributed by atoms with E-state index < -0.39 is 20.1 Å². The molecule has 1 atom stereocenters. The molecule has 0 saturated carbocycles. The predicted molar refractivity (Wildman–Crippen MR) is 55.3 cm³/mol. The summed E-state index contributed by atoms with van der Waals surface area (Å²) in [6.07, 6.45) is 2.77. The number of hydrogen-bond donors (Lipinski definition) is 0. The first-order valence-corrected chi connectivity index (χ1v) is 8.14. The third kappa shape index (κ3) is 4.45. The Kier molecular flexibility index (Phi) is 3.75. The molecule has 0 N–H and O–H groups in total. The average molecular weight is 257 g/mol. The Bertz CT molecular complexity index is 413. The van der Waals surface area contributed by atoms with Crippen LogP contribution in [0.2, 0.25) is 0 Å². The van der Waals surface area contributed by atoms with E-state index >= 15 is 0 Å². The molecule has 0 aromatic heterocycles. The van der Waals surface area contributed by atoms with E-state index in [1.807, 2.05) is 0 Å². The van der Waals surface area contributed by atoms with Crippen LogP contribution in [0.4, 0.5) is 0 Å². The van der Waals surface area contributed by atoms with Crippen LogP contribution in [0.3, 0.4) is 0 Å². The monoisotopic (exact) mass is 257 g/mol. The summed E-state index contributed by atoms with van der Waals surface area (Å²) in [6.45, 7) is 0.843. The van der Waals surface area contributed by atoms with Crippen molar-refractivity contribution in [2.24, 2.45) is 5.92 Å². The molecule has 15 heavy (non-hydrogen) atoms. The minimum absolute atomic E-state index is 0.0329. The Morgan fingerprint density at radius 1 is 1.27 bits per heavy atom. The highest BCUT2D eigenvalue weighted by Crippen LogP contribution is 2.19. The van der Waals surface area contributed by atoms with Gasteiger partial charge in [-0.15, -0.1) is 0 Å². The molecule has 1 unspecified atom stereocenters. The SMILES string of the molecule is CS(=O)(=O)OCC1CCN(S(C)(=O)=O)C1. The zero-order chi connectivity index (χ0) is 11.7. The van der Waals surface area contributed by atoms with Crippen molar-refractivity contribution in [2.75, 3.05) is 32.2 Å². The maximum atomic E-state index is 11.1. The van der Waals surface area contributed by atoms with Gasteiger partial charge >= 0.3 is 0 Å². The number of nitrogens with zero attached hydrogens (tertiary/aromatic N) is 1. The van der Waals surface area contributed by atoms with Gasteiger partial charge in [-0.3, -0.25) is 4.18 Å². The maximum absolute atomic E-state index is 11.1. The molecule has 8 heteroatoms. The molecule has 1 rings (SSSR count). The van der Waals surface area contributed by atoms with E-state index in [4.69, 9.17) is 0 Å². The summed E-state index contributed by atoms with van der Waals surface area (Å²) in [5.41, 5.74) is 0.